The fourth-order valence-electron chi connectivity index (χ4n) is 5.38. The van der Waals surface area contributed by atoms with Crippen molar-refractivity contribution in [1.82, 2.24) is 24.7 Å². The lowest BCUT2D eigenvalue weighted by molar-refractivity contribution is 0.694. The van der Waals surface area contributed by atoms with Gasteiger partial charge in [-0.1, -0.05) is 18.2 Å². The second-order valence-electron chi connectivity index (χ2n) is 9.81. The molecule has 5 aromatic rings. The molecule has 2 aromatic carbocycles. The van der Waals surface area contributed by atoms with E-state index < -0.39 is 0 Å². The van der Waals surface area contributed by atoms with Crippen LogP contribution in [-0.4, -0.2) is 31.3 Å². The average molecular weight is 858 g/mol. The maximum absolute atomic E-state index is 5.35. The van der Waals surface area contributed by atoms with Crippen LogP contribution in [0.4, 0.5) is 5.95 Å². The number of aromatic amines is 1. The molecule has 0 saturated carbocycles. The van der Waals surface area contributed by atoms with Crippen molar-refractivity contribution >= 4 is 99.2 Å². The van der Waals surface area contributed by atoms with Crippen LogP contribution < -0.4 is 10.2 Å². The van der Waals surface area contributed by atoms with Gasteiger partial charge < -0.3 is 9.88 Å². The molecule has 0 spiro atoms. The lowest BCUT2D eigenvalue weighted by atomic mass is 9.96. The van der Waals surface area contributed by atoms with E-state index in [4.69, 9.17) is 5.10 Å². The van der Waals surface area contributed by atoms with Crippen LogP contribution in [0, 0.1) is 20.8 Å². The third kappa shape index (κ3) is 4.68. The van der Waals surface area contributed by atoms with Crippen LogP contribution in [0.15, 0.2) is 48.9 Å². The molecule has 0 aliphatic carbocycles. The van der Waals surface area contributed by atoms with Crippen molar-refractivity contribution in [2.45, 2.75) is 33.2 Å². The molecule has 1 atom stereocenters. The highest BCUT2D eigenvalue weighted by molar-refractivity contribution is 14.3. The summed E-state index contributed by atoms with van der Waals surface area (Å²) in [6.07, 6.45) is 6.67. The highest BCUT2D eigenvalue weighted by Crippen LogP contribution is 2.50. The molecule has 194 valence electrons. The van der Waals surface area contributed by atoms with Gasteiger partial charge in [0.05, 0.1) is 17.1 Å². The molecule has 10 heteroatoms. The van der Waals surface area contributed by atoms with Gasteiger partial charge in [0.1, 0.15) is 0 Å². The number of aryl methyl sites for hydroxylation is 3. The first-order valence-electron chi connectivity index (χ1n) is 12.3. The van der Waals surface area contributed by atoms with Crippen molar-refractivity contribution in [2.24, 2.45) is 0 Å². The smallest absolute Gasteiger partial charge is 0.225 e. The van der Waals surface area contributed by atoms with Crippen LogP contribution in [0.3, 0.4) is 0 Å². The van der Waals surface area contributed by atoms with E-state index in [1.165, 1.54) is 44.0 Å². The number of fused-ring (bicyclic) bond motifs is 2. The minimum absolute atomic E-state index is 0.124. The molecule has 3 aromatic heterocycles. The zero-order valence-corrected chi connectivity index (χ0v) is 28.8. The Morgan fingerprint density at radius 2 is 1.79 bits per heavy atom. The lowest BCUT2D eigenvalue weighted by Gasteiger charge is -2.27. The van der Waals surface area contributed by atoms with Gasteiger partial charge in [0.2, 0.25) is 5.95 Å². The summed E-state index contributed by atoms with van der Waals surface area (Å²) in [4.78, 5) is 15.0. The van der Waals surface area contributed by atoms with Crippen LogP contribution in [0.1, 0.15) is 33.5 Å². The molecule has 0 bridgehead atoms. The first kappa shape index (κ1) is 26.9. The van der Waals surface area contributed by atoms with Gasteiger partial charge in [-0.25, -0.2) is 14.6 Å². The largest absolute Gasteiger partial charge is 0.361 e. The normalized spacial score (nSPS) is 13.8. The number of anilines is 1. The van der Waals surface area contributed by atoms with E-state index in [1.807, 2.05) is 25.5 Å². The highest BCUT2D eigenvalue weighted by atomic mass is 127. The minimum Gasteiger partial charge on any atom is -0.361 e. The molecule has 4 heterocycles. The monoisotopic (exact) mass is 858 g/mol. The van der Waals surface area contributed by atoms with Gasteiger partial charge in [-0.15, -0.1) is 9.24 Å². The van der Waals surface area contributed by atoms with Gasteiger partial charge in [-0.2, -0.15) is 5.10 Å². The Balaban J connectivity index is 1.65. The molecule has 38 heavy (non-hydrogen) atoms. The fraction of sp³-hybridized carbons (Fsp3) is 0.250. The van der Waals surface area contributed by atoms with Crippen LogP contribution >= 0.6 is 77.0 Å². The van der Waals surface area contributed by atoms with Gasteiger partial charge in [-0.05, 0) is 123 Å². The maximum atomic E-state index is 5.35. The quantitative estimate of drug-likeness (QED) is 0.118. The number of halogens is 3. The van der Waals surface area contributed by atoms with Crippen molar-refractivity contribution in [3.63, 3.8) is 0 Å². The van der Waals surface area contributed by atoms with Gasteiger partial charge in [0, 0.05) is 65.7 Å². The van der Waals surface area contributed by atoms with E-state index in [1.54, 1.807) is 0 Å². The van der Waals surface area contributed by atoms with Crippen molar-refractivity contribution in [3.05, 3.63) is 82.4 Å². The predicted octanol–water partition coefficient (Wildman–Crippen LogP) is 7.21. The second-order valence-corrected chi connectivity index (χ2v) is 21.5. The van der Waals surface area contributed by atoms with Gasteiger partial charge in [0.15, 0.2) is -0.565 Å². The summed E-state index contributed by atoms with van der Waals surface area (Å²) < 4.78 is 2.10. The summed E-state index contributed by atoms with van der Waals surface area (Å²) in [6.45, 7) is 7.92. The molecule has 0 radical (unpaired) electrons. The van der Waals surface area contributed by atoms with E-state index in [9.17, 15) is 0 Å². The van der Waals surface area contributed by atoms with Gasteiger partial charge >= 0.3 is 0 Å². The third-order valence-corrected chi connectivity index (χ3v) is 9.35. The van der Waals surface area contributed by atoms with Gasteiger partial charge in [-0.3, -0.25) is 0 Å². The number of H-pyrrole nitrogens is 1. The zero-order chi connectivity index (χ0) is 26.8. The summed E-state index contributed by atoms with van der Waals surface area (Å²) in [6, 6.07) is 11.0. The number of hydrogen-bond donors (Lipinski definition) is 1. The minimum atomic E-state index is -0.124. The Kier molecular flexibility index (Phi) is 7.26. The van der Waals surface area contributed by atoms with E-state index in [0.29, 0.717) is 6.54 Å². The SMILES string of the molecule is Cc1cnc(N2CCc3nn(-c4c(C)cccc4C(I)(I)I)c(-c4c(P)cc(C)c5[nH]ccc45)c3C2)nc1. The zero-order valence-electron chi connectivity index (χ0n) is 21.2. The number of alkyl halides is 3. The number of nitrogens with one attached hydrogen (secondary N) is 1. The second kappa shape index (κ2) is 10.3. The Hall–Kier alpha value is -1.31. The Morgan fingerprint density at radius 3 is 2.53 bits per heavy atom. The number of rotatable bonds is 4. The molecule has 1 unspecified atom stereocenters. The molecular formula is C28H26I3N6P. The average Bonchev–Trinajstić information content (AvgIpc) is 3.50. The number of nitrogens with zero attached hydrogens (tertiary/aromatic N) is 5. The summed E-state index contributed by atoms with van der Waals surface area (Å²) in [5, 5.41) is 7.73. The van der Waals surface area contributed by atoms with Crippen molar-refractivity contribution in [1.29, 1.82) is 0 Å². The van der Waals surface area contributed by atoms with Crippen LogP contribution in [0.25, 0.3) is 27.8 Å². The first-order chi connectivity index (χ1) is 18.1. The Bertz CT molecular complexity index is 1680. The van der Waals surface area contributed by atoms with E-state index in [0.717, 1.165) is 41.6 Å². The summed E-state index contributed by atoms with van der Waals surface area (Å²) in [5.41, 5.74) is 11.8. The number of para-hydroxylation sites is 1. The summed E-state index contributed by atoms with van der Waals surface area (Å²) in [7, 11) is 2.99. The molecule has 6 nitrogen and oxygen atoms in total. The standard InChI is InChI=1S/C28H26I3N6P/c1-15-12-33-27(34-13-15)36-10-8-21-19(14-36)26(23-18-7-9-32-24(18)17(3)11-22(23)38)37(35-21)25-16(2)5-4-6-20(25)28(29,30)31/h4-7,9,11-13,32H,8,10,14,38H2,1-3H3. The molecule has 0 amide bonds. The fourth-order valence-corrected chi connectivity index (χ4v) is 7.23. The van der Waals surface area contributed by atoms with Gasteiger partial charge in [0.25, 0.3) is 0 Å². The Morgan fingerprint density at radius 1 is 1.03 bits per heavy atom. The molecule has 1 aliphatic rings. The molecule has 6 rings (SSSR count). The summed E-state index contributed by atoms with van der Waals surface area (Å²) >= 11 is 7.56. The Labute approximate surface area is 265 Å². The number of benzene rings is 2. The molecule has 1 aliphatic heterocycles. The third-order valence-electron chi connectivity index (χ3n) is 7.15. The molecule has 1 N–H and O–H groups in total. The predicted molar refractivity (Wildman–Crippen MR) is 185 cm³/mol. The molecule has 0 fully saturated rings. The number of hydrogen-bond acceptors (Lipinski definition) is 4. The van der Waals surface area contributed by atoms with Crippen molar-refractivity contribution < 1.29 is 0 Å². The molecular weight excluding hydrogens is 832 g/mol. The van der Waals surface area contributed by atoms with Crippen LogP contribution in [0.2, 0.25) is 0 Å². The van der Waals surface area contributed by atoms with Crippen molar-refractivity contribution in [2.75, 3.05) is 11.4 Å². The van der Waals surface area contributed by atoms with Crippen LogP contribution in [0.5, 0.6) is 0 Å². The first-order valence-corrected chi connectivity index (χ1v) is 16.1. The number of aromatic nitrogens is 5. The van der Waals surface area contributed by atoms with Crippen LogP contribution in [-0.2, 0) is 12.4 Å². The highest BCUT2D eigenvalue weighted by Gasteiger charge is 2.33. The van der Waals surface area contributed by atoms with E-state index in [2.05, 4.69) is 146 Å². The summed E-state index contributed by atoms with van der Waals surface area (Å²) in [5.74, 6) is 0.768. The maximum Gasteiger partial charge on any atom is 0.225 e. The van der Waals surface area contributed by atoms with E-state index in [-0.39, 0.29) is -0.565 Å². The molecule has 0 saturated heterocycles. The lowest BCUT2D eigenvalue weighted by Crippen LogP contribution is -2.31. The van der Waals surface area contributed by atoms with Crippen molar-refractivity contribution in [3.8, 4) is 16.9 Å². The van der Waals surface area contributed by atoms with E-state index >= 15 is 0 Å². The topological polar surface area (TPSA) is 62.6 Å².